The minimum absolute atomic E-state index is 0.0183. The third-order valence-corrected chi connectivity index (χ3v) is 3.15. The van der Waals surface area contributed by atoms with Crippen molar-refractivity contribution in [1.29, 1.82) is 0 Å². The SMILES string of the molecule is COC(=O)CCCOc1c(Cl)cccc1CNC(C)(C)C. The minimum atomic E-state index is -0.229. The van der Waals surface area contributed by atoms with Gasteiger partial charge in [-0.15, -0.1) is 0 Å². The molecule has 1 rings (SSSR count). The fraction of sp³-hybridized carbons (Fsp3) is 0.562. The first kappa shape index (κ1) is 17.8. The standard InChI is InChI=1S/C16H24ClNO3/c1-16(2,3)18-11-12-7-5-8-13(17)15(12)21-10-6-9-14(19)20-4/h5,7-8,18H,6,9-11H2,1-4H3. The molecule has 0 aliphatic rings. The predicted molar refractivity (Wildman–Crippen MR) is 84.8 cm³/mol. The maximum Gasteiger partial charge on any atom is 0.305 e. The quantitative estimate of drug-likeness (QED) is 0.617. The molecular formula is C16H24ClNO3. The molecule has 0 heterocycles. The Morgan fingerprint density at radius 3 is 2.67 bits per heavy atom. The first-order chi connectivity index (χ1) is 9.83. The summed E-state index contributed by atoms with van der Waals surface area (Å²) in [5.41, 5.74) is 1.03. The van der Waals surface area contributed by atoms with Gasteiger partial charge in [-0.1, -0.05) is 23.7 Å². The molecule has 0 saturated heterocycles. The van der Waals surface area contributed by atoms with Gasteiger partial charge in [-0.3, -0.25) is 4.79 Å². The normalized spacial score (nSPS) is 11.3. The molecule has 4 nitrogen and oxygen atoms in total. The van der Waals surface area contributed by atoms with E-state index < -0.39 is 0 Å². The molecule has 5 heteroatoms. The van der Waals surface area contributed by atoms with Gasteiger partial charge in [0, 0.05) is 24.1 Å². The van der Waals surface area contributed by atoms with Crippen LogP contribution in [0.4, 0.5) is 0 Å². The van der Waals surface area contributed by atoms with Crippen molar-refractivity contribution in [2.45, 2.75) is 45.7 Å². The van der Waals surface area contributed by atoms with Crippen LogP contribution < -0.4 is 10.1 Å². The molecule has 0 atom stereocenters. The first-order valence-corrected chi connectivity index (χ1v) is 7.43. The number of esters is 1. The third kappa shape index (κ3) is 6.82. The maximum atomic E-state index is 11.1. The number of methoxy groups -OCH3 is 1. The number of carbonyl (C=O) groups is 1. The fourth-order valence-electron chi connectivity index (χ4n) is 1.71. The van der Waals surface area contributed by atoms with Gasteiger partial charge in [-0.25, -0.2) is 0 Å². The Balaban J connectivity index is 2.61. The van der Waals surface area contributed by atoms with Crippen LogP contribution in [0.15, 0.2) is 18.2 Å². The van der Waals surface area contributed by atoms with Gasteiger partial charge < -0.3 is 14.8 Å². The van der Waals surface area contributed by atoms with Crippen molar-refractivity contribution >= 4 is 17.6 Å². The predicted octanol–water partition coefficient (Wildman–Crippen LogP) is 3.56. The number of nitrogens with one attached hydrogen (secondary N) is 1. The van der Waals surface area contributed by atoms with Gasteiger partial charge in [0.1, 0.15) is 5.75 Å². The Labute approximate surface area is 131 Å². The number of hydrogen-bond donors (Lipinski definition) is 1. The van der Waals surface area contributed by atoms with E-state index in [1.807, 2.05) is 12.1 Å². The number of benzene rings is 1. The molecule has 0 unspecified atom stereocenters. The molecule has 0 saturated carbocycles. The average Bonchev–Trinajstić information content (AvgIpc) is 2.41. The van der Waals surface area contributed by atoms with E-state index in [4.69, 9.17) is 16.3 Å². The van der Waals surface area contributed by atoms with Crippen LogP contribution in [-0.2, 0) is 16.1 Å². The van der Waals surface area contributed by atoms with Crippen molar-refractivity contribution in [2.75, 3.05) is 13.7 Å². The highest BCUT2D eigenvalue weighted by atomic mass is 35.5. The van der Waals surface area contributed by atoms with Gasteiger partial charge in [-0.05, 0) is 33.3 Å². The van der Waals surface area contributed by atoms with Crippen molar-refractivity contribution in [3.05, 3.63) is 28.8 Å². The minimum Gasteiger partial charge on any atom is -0.492 e. The summed E-state index contributed by atoms with van der Waals surface area (Å²) in [6.07, 6.45) is 0.945. The second-order valence-electron chi connectivity index (χ2n) is 5.86. The molecule has 118 valence electrons. The van der Waals surface area contributed by atoms with E-state index in [9.17, 15) is 4.79 Å². The van der Waals surface area contributed by atoms with Gasteiger partial charge in [-0.2, -0.15) is 0 Å². The van der Waals surface area contributed by atoms with E-state index in [-0.39, 0.29) is 11.5 Å². The largest absolute Gasteiger partial charge is 0.492 e. The fourth-order valence-corrected chi connectivity index (χ4v) is 1.96. The zero-order valence-corrected chi connectivity index (χ0v) is 13.9. The average molecular weight is 314 g/mol. The monoisotopic (exact) mass is 313 g/mol. The zero-order chi connectivity index (χ0) is 15.9. The number of ether oxygens (including phenoxy) is 2. The van der Waals surface area contributed by atoms with E-state index in [1.54, 1.807) is 6.07 Å². The Morgan fingerprint density at radius 2 is 2.05 bits per heavy atom. The molecule has 0 spiro atoms. The van der Waals surface area contributed by atoms with Crippen molar-refractivity contribution < 1.29 is 14.3 Å². The Morgan fingerprint density at radius 1 is 1.33 bits per heavy atom. The van der Waals surface area contributed by atoms with Crippen LogP contribution in [0.25, 0.3) is 0 Å². The Bertz CT molecular complexity index is 469. The molecule has 0 bridgehead atoms. The van der Waals surface area contributed by atoms with E-state index >= 15 is 0 Å². The number of halogens is 1. The third-order valence-electron chi connectivity index (χ3n) is 2.86. The lowest BCUT2D eigenvalue weighted by molar-refractivity contribution is -0.140. The number of hydrogen-bond acceptors (Lipinski definition) is 4. The topological polar surface area (TPSA) is 47.6 Å². The van der Waals surface area contributed by atoms with Crippen LogP contribution in [-0.4, -0.2) is 25.2 Å². The van der Waals surface area contributed by atoms with E-state index in [0.717, 1.165) is 5.56 Å². The molecule has 0 aromatic heterocycles. The summed E-state index contributed by atoms with van der Waals surface area (Å²) in [7, 11) is 1.38. The molecule has 1 aromatic rings. The van der Waals surface area contributed by atoms with Crippen LogP contribution in [0, 0.1) is 0 Å². The van der Waals surface area contributed by atoms with Gasteiger partial charge >= 0.3 is 5.97 Å². The number of rotatable bonds is 7. The van der Waals surface area contributed by atoms with Gasteiger partial charge in [0.15, 0.2) is 0 Å². The summed E-state index contributed by atoms with van der Waals surface area (Å²) in [5, 5.41) is 4.00. The van der Waals surface area contributed by atoms with Crippen molar-refractivity contribution in [2.24, 2.45) is 0 Å². The lowest BCUT2D eigenvalue weighted by Crippen LogP contribution is -2.35. The highest BCUT2D eigenvalue weighted by Crippen LogP contribution is 2.29. The molecule has 0 aliphatic carbocycles. The molecule has 0 aliphatic heterocycles. The lowest BCUT2D eigenvalue weighted by Gasteiger charge is -2.22. The van der Waals surface area contributed by atoms with Crippen LogP contribution in [0.1, 0.15) is 39.2 Å². The summed E-state index contributed by atoms with van der Waals surface area (Å²) in [4.78, 5) is 11.1. The summed E-state index contributed by atoms with van der Waals surface area (Å²) in [6, 6.07) is 5.70. The van der Waals surface area contributed by atoms with Crippen LogP contribution >= 0.6 is 11.6 Å². The number of carbonyl (C=O) groups excluding carboxylic acids is 1. The second kappa shape index (κ2) is 8.25. The van der Waals surface area contributed by atoms with Crippen LogP contribution in [0.2, 0.25) is 5.02 Å². The van der Waals surface area contributed by atoms with Crippen molar-refractivity contribution in [3.8, 4) is 5.75 Å². The molecule has 1 N–H and O–H groups in total. The Hall–Kier alpha value is -1.26. The maximum absolute atomic E-state index is 11.1. The van der Waals surface area contributed by atoms with Crippen LogP contribution in [0.3, 0.4) is 0 Å². The summed E-state index contributed by atoms with van der Waals surface area (Å²) in [5.74, 6) is 0.452. The van der Waals surface area contributed by atoms with Crippen LogP contribution in [0.5, 0.6) is 5.75 Å². The van der Waals surface area contributed by atoms with E-state index in [1.165, 1.54) is 7.11 Å². The Kier molecular flexibility index (Phi) is 6.99. The molecule has 0 radical (unpaired) electrons. The second-order valence-corrected chi connectivity index (χ2v) is 6.27. The van der Waals surface area contributed by atoms with Gasteiger partial charge in [0.2, 0.25) is 0 Å². The molecule has 0 fully saturated rings. The van der Waals surface area contributed by atoms with Gasteiger partial charge in [0.05, 0.1) is 18.7 Å². The van der Waals surface area contributed by atoms with Gasteiger partial charge in [0.25, 0.3) is 0 Å². The van der Waals surface area contributed by atoms with E-state index in [2.05, 4.69) is 30.8 Å². The summed E-state index contributed by atoms with van der Waals surface area (Å²) < 4.78 is 10.3. The number of para-hydroxylation sites is 1. The summed E-state index contributed by atoms with van der Waals surface area (Å²) >= 11 is 6.20. The highest BCUT2D eigenvalue weighted by Gasteiger charge is 2.13. The van der Waals surface area contributed by atoms with E-state index in [0.29, 0.717) is 36.8 Å². The first-order valence-electron chi connectivity index (χ1n) is 7.05. The zero-order valence-electron chi connectivity index (χ0n) is 13.2. The smallest absolute Gasteiger partial charge is 0.305 e. The van der Waals surface area contributed by atoms with Crippen molar-refractivity contribution in [1.82, 2.24) is 5.32 Å². The van der Waals surface area contributed by atoms with Crippen molar-refractivity contribution in [3.63, 3.8) is 0 Å². The molecule has 21 heavy (non-hydrogen) atoms. The lowest BCUT2D eigenvalue weighted by atomic mass is 10.1. The molecule has 1 aromatic carbocycles. The molecular weight excluding hydrogens is 290 g/mol. The summed E-state index contributed by atoms with van der Waals surface area (Å²) in [6.45, 7) is 7.43. The highest BCUT2D eigenvalue weighted by molar-refractivity contribution is 6.32. The molecule has 0 amide bonds.